The molecule has 0 radical (unpaired) electrons. The maximum atomic E-state index is 13.2. The quantitative estimate of drug-likeness (QED) is 0.902. The summed E-state index contributed by atoms with van der Waals surface area (Å²) < 4.78 is 39.9. The molecule has 4 nitrogen and oxygen atoms in total. The highest BCUT2D eigenvalue weighted by Crippen LogP contribution is 2.28. The SMILES string of the molecule is CNC[C@@H]1CCCN1S(=O)(=O)c1ccc(F)c(Br)c1. The molecule has 0 aliphatic carbocycles. The van der Waals surface area contributed by atoms with Crippen LogP contribution in [0.1, 0.15) is 12.8 Å². The normalized spacial score (nSPS) is 20.9. The smallest absolute Gasteiger partial charge is 0.243 e. The zero-order valence-corrected chi connectivity index (χ0v) is 13.0. The summed E-state index contributed by atoms with van der Waals surface area (Å²) in [6.45, 7) is 1.14. The number of benzene rings is 1. The van der Waals surface area contributed by atoms with E-state index in [0.717, 1.165) is 12.8 Å². The third kappa shape index (κ3) is 2.99. The molecule has 1 aromatic carbocycles. The highest BCUT2D eigenvalue weighted by atomic mass is 79.9. The van der Waals surface area contributed by atoms with Gasteiger partial charge in [0.2, 0.25) is 10.0 Å². The summed E-state index contributed by atoms with van der Waals surface area (Å²) in [5.74, 6) is -0.466. The first-order valence-corrected chi connectivity index (χ1v) is 8.31. The summed E-state index contributed by atoms with van der Waals surface area (Å²) in [5, 5.41) is 3.01. The zero-order chi connectivity index (χ0) is 14.0. The lowest BCUT2D eigenvalue weighted by atomic mass is 10.2. The van der Waals surface area contributed by atoms with Gasteiger partial charge in [-0.25, -0.2) is 12.8 Å². The van der Waals surface area contributed by atoms with Crippen molar-refractivity contribution in [2.24, 2.45) is 0 Å². The van der Waals surface area contributed by atoms with Crippen molar-refractivity contribution in [3.8, 4) is 0 Å². The standard InChI is InChI=1S/C12H16BrFN2O2S/c1-15-8-9-3-2-6-16(9)19(17,18)10-4-5-12(14)11(13)7-10/h4-5,7,9,15H,2-3,6,8H2,1H3/t9-/m0/s1. The summed E-state index contributed by atoms with van der Waals surface area (Å²) in [7, 11) is -1.75. The van der Waals surface area contributed by atoms with E-state index in [-0.39, 0.29) is 15.4 Å². The van der Waals surface area contributed by atoms with Crippen LogP contribution in [-0.2, 0) is 10.0 Å². The van der Waals surface area contributed by atoms with Crippen LogP contribution in [0.3, 0.4) is 0 Å². The van der Waals surface area contributed by atoms with Gasteiger partial charge < -0.3 is 5.32 Å². The van der Waals surface area contributed by atoms with Crippen LogP contribution in [0, 0.1) is 5.82 Å². The molecule has 1 saturated heterocycles. The second kappa shape index (κ2) is 5.87. The number of nitrogens with zero attached hydrogens (tertiary/aromatic N) is 1. The van der Waals surface area contributed by atoms with Crippen molar-refractivity contribution in [3.63, 3.8) is 0 Å². The molecular formula is C12H16BrFN2O2S. The highest BCUT2D eigenvalue weighted by molar-refractivity contribution is 9.10. The molecule has 1 fully saturated rings. The monoisotopic (exact) mass is 350 g/mol. The number of rotatable bonds is 4. The Bertz CT molecular complexity index is 565. The molecule has 1 heterocycles. The van der Waals surface area contributed by atoms with E-state index in [9.17, 15) is 12.8 Å². The van der Waals surface area contributed by atoms with Gasteiger partial charge in [-0.05, 0) is 54.0 Å². The summed E-state index contributed by atoms with van der Waals surface area (Å²) >= 11 is 3.02. The van der Waals surface area contributed by atoms with E-state index in [1.807, 2.05) is 0 Å². The largest absolute Gasteiger partial charge is 0.318 e. The molecule has 0 bridgehead atoms. The number of likely N-dealkylation sites (N-methyl/N-ethyl adjacent to an activating group) is 1. The van der Waals surface area contributed by atoms with E-state index < -0.39 is 15.8 Å². The van der Waals surface area contributed by atoms with Crippen molar-refractivity contribution in [3.05, 3.63) is 28.5 Å². The minimum atomic E-state index is -3.55. The van der Waals surface area contributed by atoms with Gasteiger partial charge in [-0.15, -0.1) is 0 Å². The van der Waals surface area contributed by atoms with Crippen molar-refractivity contribution in [2.45, 2.75) is 23.8 Å². The predicted molar refractivity (Wildman–Crippen MR) is 74.9 cm³/mol. The Balaban J connectivity index is 2.33. The van der Waals surface area contributed by atoms with E-state index in [0.29, 0.717) is 13.1 Å². The fraction of sp³-hybridized carbons (Fsp3) is 0.500. The molecule has 1 aliphatic rings. The van der Waals surface area contributed by atoms with E-state index >= 15 is 0 Å². The van der Waals surface area contributed by atoms with Gasteiger partial charge in [0, 0.05) is 19.1 Å². The summed E-state index contributed by atoms with van der Waals surface area (Å²) in [6.07, 6.45) is 1.70. The van der Waals surface area contributed by atoms with Gasteiger partial charge in [0.25, 0.3) is 0 Å². The molecule has 1 atom stereocenters. The topological polar surface area (TPSA) is 49.4 Å². The van der Waals surface area contributed by atoms with Crippen molar-refractivity contribution >= 4 is 26.0 Å². The molecule has 2 rings (SSSR count). The summed E-state index contributed by atoms with van der Waals surface area (Å²) in [6, 6.07) is 3.77. The molecule has 19 heavy (non-hydrogen) atoms. The first-order chi connectivity index (χ1) is 8.96. The number of halogens is 2. The maximum Gasteiger partial charge on any atom is 0.243 e. The lowest BCUT2D eigenvalue weighted by molar-refractivity contribution is 0.379. The minimum Gasteiger partial charge on any atom is -0.318 e. The fourth-order valence-electron chi connectivity index (χ4n) is 2.34. The molecule has 0 aromatic heterocycles. The van der Waals surface area contributed by atoms with Gasteiger partial charge in [0.1, 0.15) is 5.82 Å². The number of sulfonamides is 1. The highest BCUT2D eigenvalue weighted by Gasteiger charge is 2.34. The first kappa shape index (κ1) is 14.9. The number of hydrogen-bond acceptors (Lipinski definition) is 3. The minimum absolute atomic E-state index is 0.0289. The molecule has 0 saturated carbocycles. The Labute approximate surface area is 121 Å². The van der Waals surface area contributed by atoms with Crippen LogP contribution in [0.4, 0.5) is 4.39 Å². The van der Waals surface area contributed by atoms with Gasteiger partial charge in [-0.3, -0.25) is 0 Å². The Morgan fingerprint density at radius 2 is 2.26 bits per heavy atom. The summed E-state index contributed by atoms with van der Waals surface area (Å²) in [4.78, 5) is 0.128. The molecule has 106 valence electrons. The van der Waals surface area contributed by atoms with Crippen LogP contribution in [-0.4, -0.2) is 38.9 Å². The Hall–Kier alpha value is -0.500. The molecule has 0 unspecified atom stereocenters. The number of hydrogen-bond donors (Lipinski definition) is 1. The molecule has 1 aromatic rings. The average molecular weight is 351 g/mol. The molecule has 1 N–H and O–H groups in total. The maximum absolute atomic E-state index is 13.2. The third-order valence-corrected chi connectivity index (χ3v) is 5.82. The molecule has 1 aliphatic heterocycles. The fourth-order valence-corrected chi connectivity index (χ4v) is 4.59. The molecule has 7 heteroatoms. The van der Waals surface area contributed by atoms with Crippen LogP contribution < -0.4 is 5.32 Å². The van der Waals surface area contributed by atoms with Gasteiger partial charge in [-0.1, -0.05) is 0 Å². The lowest BCUT2D eigenvalue weighted by Crippen LogP contribution is -2.40. The van der Waals surface area contributed by atoms with Crippen LogP contribution in [0.2, 0.25) is 0 Å². The van der Waals surface area contributed by atoms with E-state index in [1.54, 1.807) is 7.05 Å². The molecule has 0 amide bonds. The average Bonchev–Trinajstić information content (AvgIpc) is 2.82. The van der Waals surface area contributed by atoms with Crippen molar-refractivity contribution < 1.29 is 12.8 Å². The third-order valence-electron chi connectivity index (χ3n) is 3.26. The summed E-state index contributed by atoms with van der Waals surface area (Å²) in [5.41, 5.74) is 0. The van der Waals surface area contributed by atoms with Crippen LogP contribution >= 0.6 is 15.9 Å². The van der Waals surface area contributed by atoms with Gasteiger partial charge in [0.15, 0.2) is 0 Å². The van der Waals surface area contributed by atoms with Crippen molar-refractivity contribution in [1.29, 1.82) is 0 Å². The Morgan fingerprint density at radius 3 is 2.89 bits per heavy atom. The Morgan fingerprint density at radius 1 is 1.53 bits per heavy atom. The van der Waals surface area contributed by atoms with Crippen molar-refractivity contribution in [1.82, 2.24) is 9.62 Å². The second-order valence-corrected chi connectivity index (χ2v) is 7.29. The van der Waals surface area contributed by atoms with Gasteiger partial charge >= 0.3 is 0 Å². The number of nitrogens with one attached hydrogen (secondary N) is 1. The van der Waals surface area contributed by atoms with Gasteiger partial charge in [-0.2, -0.15) is 4.31 Å². The lowest BCUT2D eigenvalue weighted by Gasteiger charge is -2.24. The van der Waals surface area contributed by atoms with Crippen LogP contribution in [0.5, 0.6) is 0 Å². The van der Waals surface area contributed by atoms with E-state index in [4.69, 9.17) is 0 Å². The molecular weight excluding hydrogens is 335 g/mol. The van der Waals surface area contributed by atoms with Crippen molar-refractivity contribution in [2.75, 3.05) is 20.1 Å². The molecule has 0 spiro atoms. The predicted octanol–water partition coefficient (Wildman–Crippen LogP) is 1.96. The zero-order valence-electron chi connectivity index (χ0n) is 10.6. The first-order valence-electron chi connectivity index (χ1n) is 6.08. The van der Waals surface area contributed by atoms with E-state index in [1.165, 1.54) is 22.5 Å². The van der Waals surface area contributed by atoms with Crippen LogP contribution in [0.25, 0.3) is 0 Å². The van der Waals surface area contributed by atoms with Crippen LogP contribution in [0.15, 0.2) is 27.6 Å². The van der Waals surface area contributed by atoms with Gasteiger partial charge in [0.05, 0.1) is 9.37 Å². The van der Waals surface area contributed by atoms with E-state index in [2.05, 4.69) is 21.2 Å². The Kier molecular flexibility index (Phi) is 4.60. The second-order valence-electron chi connectivity index (χ2n) is 4.55.